The van der Waals surface area contributed by atoms with Crippen LogP contribution in [0, 0.1) is 6.92 Å². The Hall–Kier alpha value is -3.27. The molecule has 29 heavy (non-hydrogen) atoms. The highest BCUT2D eigenvalue weighted by atomic mass is 16.5. The van der Waals surface area contributed by atoms with E-state index < -0.39 is 0 Å². The minimum atomic E-state index is 0.0809. The summed E-state index contributed by atoms with van der Waals surface area (Å²) in [5.41, 5.74) is 4.51. The third kappa shape index (κ3) is 5.85. The Labute approximate surface area is 173 Å². The number of hydrogen-bond donors (Lipinski definition) is 0. The number of carbonyl (C=O) groups excluding carboxylic acids is 1. The average molecular weight is 389 g/mol. The van der Waals surface area contributed by atoms with Gasteiger partial charge in [-0.05, 0) is 42.3 Å². The van der Waals surface area contributed by atoms with E-state index in [1.54, 1.807) is 12.0 Å². The van der Waals surface area contributed by atoms with Crippen molar-refractivity contribution in [1.29, 1.82) is 0 Å². The molecule has 0 saturated heterocycles. The van der Waals surface area contributed by atoms with Gasteiger partial charge in [-0.15, -0.1) is 0 Å². The molecule has 0 aliphatic rings. The molecule has 1 amide bonds. The van der Waals surface area contributed by atoms with Crippen LogP contribution in [0.1, 0.15) is 16.7 Å². The fourth-order valence-electron chi connectivity index (χ4n) is 3.17. The second-order valence-corrected chi connectivity index (χ2v) is 7.28. The molecule has 0 fully saturated rings. The minimum absolute atomic E-state index is 0.0809. The van der Waals surface area contributed by atoms with Crippen molar-refractivity contribution in [1.82, 2.24) is 4.90 Å². The van der Waals surface area contributed by atoms with E-state index in [1.807, 2.05) is 49.5 Å². The Morgan fingerprint density at radius 1 is 0.828 bits per heavy atom. The molecule has 0 spiro atoms. The summed E-state index contributed by atoms with van der Waals surface area (Å²) in [7, 11) is 3.51. The van der Waals surface area contributed by atoms with E-state index in [0.29, 0.717) is 19.6 Å². The van der Waals surface area contributed by atoms with Crippen LogP contribution in [0.5, 0.6) is 5.75 Å². The lowest BCUT2D eigenvalue weighted by molar-refractivity contribution is -0.129. The molecule has 0 aliphatic heterocycles. The van der Waals surface area contributed by atoms with Gasteiger partial charge >= 0.3 is 0 Å². The molecule has 150 valence electrons. The summed E-state index contributed by atoms with van der Waals surface area (Å²) >= 11 is 0. The molecular formula is C25H28N2O2. The summed E-state index contributed by atoms with van der Waals surface area (Å²) in [4.78, 5) is 16.9. The lowest BCUT2D eigenvalue weighted by atomic mass is 10.1. The second kappa shape index (κ2) is 9.78. The molecule has 3 aromatic carbocycles. The van der Waals surface area contributed by atoms with E-state index >= 15 is 0 Å². The topological polar surface area (TPSA) is 32.8 Å². The number of anilines is 1. The number of hydrogen-bond acceptors (Lipinski definition) is 3. The monoisotopic (exact) mass is 388 g/mol. The molecule has 0 heterocycles. The predicted octanol–water partition coefficient (Wildman–Crippen LogP) is 4.67. The quantitative estimate of drug-likeness (QED) is 0.562. The molecule has 3 aromatic rings. The highest BCUT2D eigenvalue weighted by molar-refractivity contribution is 5.81. The van der Waals surface area contributed by atoms with Crippen LogP contribution < -0.4 is 9.64 Å². The van der Waals surface area contributed by atoms with Gasteiger partial charge < -0.3 is 14.5 Å². The summed E-state index contributed by atoms with van der Waals surface area (Å²) in [6.07, 6.45) is 0. The van der Waals surface area contributed by atoms with Crippen molar-refractivity contribution in [2.75, 3.05) is 25.6 Å². The Bertz CT molecular complexity index is 906. The highest BCUT2D eigenvalue weighted by Crippen LogP contribution is 2.21. The van der Waals surface area contributed by atoms with Gasteiger partial charge in [0.2, 0.25) is 5.91 Å². The van der Waals surface area contributed by atoms with Crippen LogP contribution in [0.15, 0.2) is 78.9 Å². The second-order valence-electron chi connectivity index (χ2n) is 7.28. The van der Waals surface area contributed by atoms with E-state index in [9.17, 15) is 4.79 Å². The van der Waals surface area contributed by atoms with Crippen molar-refractivity contribution in [3.63, 3.8) is 0 Å². The Balaban J connectivity index is 1.73. The molecule has 4 nitrogen and oxygen atoms in total. The first kappa shape index (κ1) is 20.5. The highest BCUT2D eigenvalue weighted by Gasteiger charge is 2.16. The first-order valence-electron chi connectivity index (χ1n) is 9.77. The average Bonchev–Trinajstić information content (AvgIpc) is 2.75. The Morgan fingerprint density at radius 2 is 1.45 bits per heavy atom. The molecule has 3 rings (SSSR count). The summed E-state index contributed by atoms with van der Waals surface area (Å²) in [5, 5.41) is 0. The smallest absolute Gasteiger partial charge is 0.242 e. The summed E-state index contributed by atoms with van der Waals surface area (Å²) in [6.45, 7) is 3.64. The van der Waals surface area contributed by atoms with Gasteiger partial charge in [0.05, 0.1) is 13.7 Å². The number of nitrogens with zero attached hydrogens (tertiary/aromatic N) is 2. The van der Waals surface area contributed by atoms with Gasteiger partial charge in [-0.2, -0.15) is 0 Å². The van der Waals surface area contributed by atoms with E-state index in [4.69, 9.17) is 4.74 Å². The molecule has 4 heteroatoms. The maximum absolute atomic E-state index is 13.0. The molecule has 0 aromatic heterocycles. The lowest BCUT2D eigenvalue weighted by Crippen LogP contribution is -2.38. The van der Waals surface area contributed by atoms with Gasteiger partial charge in [-0.3, -0.25) is 4.79 Å². The van der Waals surface area contributed by atoms with E-state index in [2.05, 4.69) is 48.2 Å². The number of likely N-dealkylation sites (N-methyl/N-ethyl adjacent to an activating group) is 1. The number of aryl methyl sites for hydroxylation is 1. The standard InChI is InChI=1S/C25H28N2O2/c1-20-9-11-22(12-10-20)17-26(2)25(28)19-27(18-21-7-5-4-6-8-21)23-13-15-24(29-3)16-14-23/h4-16H,17-19H2,1-3H3. The van der Waals surface area contributed by atoms with Crippen LogP contribution in [0.25, 0.3) is 0 Å². The number of benzene rings is 3. The van der Waals surface area contributed by atoms with E-state index in [1.165, 1.54) is 5.56 Å². The molecule has 0 saturated carbocycles. The molecule has 0 aliphatic carbocycles. The maximum Gasteiger partial charge on any atom is 0.242 e. The molecule has 0 N–H and O–H groups in total. The van der Waals surface area contributed by atoms with Crippen LogP contribution in [0.4, 0.5) is 5.69 Å². The fourth-order valence-corrected chi connectivity index (χ4v) is 3.17. The predicted molar refractivity (Wildman–Crippen MR) is 118 cm³/mol. The van der Waals surface area contributed by atoms with Gasteiger partial charge in [0.25, 0.3) is 0 Å². The van der Waals surface area contributed by atoms with Gasteiger partial charge in [-0.25, -0.2) is 0 Å². The van der Waals surface area contributed by atoms with Crippen LogP contribution in [-0.4, -0.2) is 31.5 Å². The fraction of sp³-hybridized carbons (Fsp3) is 0.240. The van der Waals surface area contributed by atoms with Crippen molar-refractivity contribution < 1.29 is 9.53 Å². The summed E-state index contributed by atoms with van der Waals surface area (Å²) in [5.74, 6) is 0.883. The van der Waals surface area contributed by atoms with Gasteiger partial charge in [0, 0.05) is 25.8 Å². The van der Waals surface area contributed by atoms with Crippen LogP contribution >= 0.6 is 0 Å². The normalized spacial score (nSPS) is 10.4. The van der Waals surface area contributed by atoms with Crippen LogP contribution in [0.3, 0.4) is 0 Å². The first-order chi connectivity index (χ1) is 14.0. The molecular weight excluding hydrogens is 360 g/mol. The van der Waals surface area contributed by atoms with Crippen LogP contribution in [-0.2, 0) is 17.9 Å². The third-order valence-electron chi connectivity index (χ3n) is 4.95. The van der Waals surface area contributed by atoms with Crippen molar-refractivity contribution in [2.24, 2.45) is 0 Å². The number of methoxy groups -OCH3 is 1. The van der Waals surface area contributed by atoms with Crippen molar-refractivity contribution in [3.8, 4) is 5.75 Å². The van der Waals surface area contributed by atoms with Gasteiger partial charge in [-0.1, -0.05) is 60.2 Å². The summed E-state index contributed by atoms with van der Waals surface area (Å²) in [6, 6.07) is 26.3. The number of amides is 1. The van der Waals surface area contributed by atoms with Crippen molar-refractivity contribution in [3.05, 3.63) is 95.6 Å². The number of ether oxygens (including phenoxy) is 1. The first-order valence-corrected chi connectivity index (χ1v) is 9.77. The molecule has 0 radical (unpaired) electrons. The van der Waals surface area contributed by atoms with Crippen LogP contribution in [0.2, 0.25) is 0 Å². The Morgan fingerprint density at radius 3 is 2.07 bits per heavy atom. The zero-order valence-electron chi connectivity index (χ0n) is 17.3. The zero-order valence-corrected chi connectivity index (χ0v) is 17.3. The lowest BCUT2D eigenvalue weighted by Gasteiger charge is -2.27. The van der Waals surface area contributed by atoms with E-state index in [-0.39, 0.29) is 5.91 Å². The van der Waals surface area contributed by atoms with Crippen molar-refractivity contribution in [2.45, 2.75) is 20.0 Å². The molecule has 0 unspecified atom stereocenters. The zero-order chi connectivity index (χ0) is 20.6. The molecule has 0 bridgehead atoms. The summed E-state index contributed by atoms with van der Waals surface area (Å²) < 4.78 is 5.27. The maximum atomic E-state index is 13.0. The van der Waals surface area contributed by atoms with Crippen molar-refractivity contribution >= 4 is 11.6 Å². The van der Waals surface area contributed by atoms with Gasteiger partial charge in [0.1, 0.15) is 5.75 Å². The minimum Gasteiger partial charge on any atom is -0.497 e. The number of rotatable bonds is 8. The Kier molecular flexibility index (Phi) is 6.90. The van der Waals surface area contributed by atoms with E-state index in [0.717, 1.165) is 22.6 Å². The number of carbonyl (C=O) groups is 1. The third-order valence-corrected chi connectivity index (χ3v) is 4.95. The largest absolute Gasteiger partial charge is 0.497 e. The molecule has 0 atom stereocenters. The SMILES string of the molecule is COc1ccc(N(CC(=O)N(C)Cc2ccc(C)cc2)Cc2ccccc2)cc1. The van der Waals surface area contributed by atoms with Gasteiger partial charge in [0.15, 0.2) is 0 Å².